The average Bonchev–Trinajstić information content (AvgIpc) is 2.74. The molecule has 1 aromatic heterocycles. The summed E-state index contributed by atoms with van der Waals surface area (Å²) >= 11 is 1.57. The van der Waals surface area contributed by atoms with Gasteiger partial charge in [-0.3, -0.25) is 9.78 Å². The van der Waals surface area contributed by atoms with E-state index in [2.05, 4.69) is 4.98 Å². The van der Waals surface area contributed by atoms with Gasteiger partial charge in [0.25, 0.3) is 0 Å². The van der Waals surface area contributed by atoms with Gasteiger partial charge >= 0.3 is 5.97 Å². The summed E-state index contributed by atoms with van der Waals surface area (Å²) in [6.07, 6.45) is 9.82. The van der Waals surface area contributed by atoms with Crippen LogP contribution in [0.5, 0.6) is 0 Å². The third-order valence-electron chi connectivity index (χ3n) is 3.76. The molecule has 0 spiro atoms. The van der Waals surface area contributed by atoms with Gasteiger partial charge in [-0.15, -0.1) is 11.3 Å². The summed E-state index contributed by atoms with van der Waals surface area (Å²) in [6, 6.07) is 0. The number of aliphatic carboxylic acids is 1. The molecule has 17 heavy (non-hydrogen) atoms. The van der Waals surface area contributed by atoms with E-state index in [1.165, 1.54) is 19.3 Å². The molecular weight excluding hydrogens is 234 g/mol. The molecule has 0 aliphatic heterocycles. The van der Waals surface area contributed by atoms with Crippen LogP contribution in [-0.2, 0) is 11.2 Å². The fraction of sp³-hybridized carbons (Fsp3) is 0.692. The first-order chi connectivity index (χ1) is 8.23. The van der Waals surface area contributed by atoms with Crippen molar-refractivity contribution < 1.29 is 9.90 Å². The van der Waals surface area contributed by atoms with Crippen molar-refractivity contribution in [1.29, 1.82) is 0 Å². The summed E-state index contributed by atoms with van der Waals surface area (Å²) in [5.41, 5.74) is 1.25. The minimum atomic E-state index is -0.618. The second-order valence-corrected chi connectivity index (χ2v) is 5.97. The van der Waals surface area contributed by atoms with Crippen molar-refractivity contribution in [3.8, 4) is 0 Å². The van der Waals surface area contributed by atoms with Crippen LogP contribution in [0.4, 0.5) is 0 Å². The molecule has 0 amide bonds. The summed E-state index contributed by atoms with van der Waals surface area (Å²) in [7, 11) is 0. The number of aromatic nitrogens is 1. The van der Waals surface area contributed by atoms with Gasteiger partial charge in [-0.1, -0.05) is 32.1 Å². The Labute approximate surface area is 106 Å². The van der Waals surface area contributed by atoms with E-state index in [0.717, 1.165) is 30.6 Å². The molecule has 1 aliphatic rings. The standard InChI is InChI=1S/C13H19NO2S/c15-12(16)13(8-11-9-14-10-17-11)6-4-2-1-3-5-7-13/h9-10H,1-8H2,(H,15,16). The van der Waals surface area contributed by atoms with Gasteiger partial charge in [0, 0.05) is 11.1 Å². The summed E-state index contributed by atoms with van der Waals surface area (Å²) in [5.74, 6) is -0.618. The normalized spacial score (nSPS) is 20.5. The fourth-order valence-corrected chi connectivity index (χ4v) is 3.45. The molecular formula is C13H19NO2S. The molecule has 0 aromatic carbocycles. The second-order valence-electron chi connectivity index (χ2n) is 5.00. The zero-order valence-corrected chi connectivity index (χ0v) is 10.8. The second kappa shape index (κ2) is 5.63. The summed E-state index contributed by atoms with van der Waals surface area (Å²) in [5, 5.41) is 9.59. The van der Waals surface area contributed by atoms with Crippen LogP contribution in [0.25, 0.3) is 0 Å². The predicted molar refractivity (Wildman–Crippen MR) is 68.2 cm³/mol. The Kier molecular flexibility index (Phi) is 4.15. The zero-order valence-electron chi connectivity index (χ0n) is 10.0. The lowest BCUT2D eigenvalue weighted by atomic mass is 9.73. The van der Waals surface area contributed by atoms with Crippen molar-refractivity contribution in [3.63, 3.8) is 0 Å². The van der Waals surface area contributed by atoms with Crippen molar-refractivity contribution in [2.45, 2.75) is 51.4 Å². The molecule has 94 valence electrons. The van der Waals surface area contributed by atoms with Crippen LogP contribution in [-0.4, -0.2) is 16.1 Å². The molecule has 0 atom stereocenters. The largest absolute Gasteiger partial charge is 0.481 e. The first-order valence-electron chi connectivity index (χ1n) is 6.34. The van der Waals surface area contributed by atoms with E-state index >= 15 is 0 Å². The number of hydrogen-bond donors (Lipinski definition) is 1. The van der Waals surface area contributed by atoms with E-state index in [9.17, 15) is 9.90 Å². The number of rotatable bonds is 3. The van der Waals surface area contributed by atoms with E-state index in [1.807, 2.05) is 6.20 Å². The van der Waals surface area contributed by atoms with Crippen LogP contribution in [0.15, 0.2) is 11.7 Å². The quantitative estimate of drug-likeness (QED) is 0.897. The number of nitrogens with zero attached hydrogens (tertiary/aromatic N) is 1. The third-order valence-corrected chi connectivity index (χ3v) is 4.54. The molecule has 0 bridgehead atoms. The molecule has 2 rings (SSSR count). The van der Waals surface area contributed by atoms with Crippen LogP contribution < -0.4 is 0 Å². The Morgan fingerprint density at radius 2 is 1.94 bits per heavy atom. The number of carboxylic acids is 1. The molecule has 1 aromatic rings. The number of thiazole rings is 1. The van der Waals surface area contributed by atoms with Crippen molar-refractivity contribution >= 4 is 17.3 Å². The van der Waals surface area contributed by atoms with E-state index in [1.54, 1.807) is 16.8 Å². The number of carbonyl (C=O) groups is 1. The first-order valence-corrected chi connectivity index (χ1v) is 7.22. The predicted octanol–water partition coefficient (Wildman–Crippen LogP) is 3.50. The average molecular weight is 253 g/mol. The van der Waals surface area contributed by atoms with E-state index in [4.69, 9.17) is 0 Å². The smallest absolute Gasteiger partial charge is 0.309 e. The maximum Gasteiger partial charge on any atom is 0.309 e. The highest BCUT2D eigenvalue weighted by atomic mass is 32.1. The van der Waals surface area contributed by atoms with Crippen LogP contribution in [0.3, 0.4) is 0 Å². The summed E-state index contributed by atoms with van der Waals surface area (Å²) in [4.78, 5) is 16.8. The maximum absolute atomic E-state index is 11.7. The van der Waals surface area contributed by atoms with Crippen LogP contribution in [0, 0.1) is 5.41 Å². The van der Waals surface area contributed by atoms with Gasteiger partial charge < -0.3 is 5.11 Å². The van der Waals surface area contributed by atoms with Gasteiger partial charge in [-0.2, -0.15) is 0 Å². The molecule has 1 N–H and O–H groups in total. The lowest BCUT2D eigenvalue weighted by molar-refractivity contribution is -0.150. The Morgan fingerprint density at radius 1 is 1.29 bits per heavy atom. The van der Waals surface area contributed by atoms with Crippen molar-refractivity contribution in [2.75, 3.05) is 0 Å². The molecule has 0 unspecified atom stereocenters. The van der Waals surface area contributed by atoms with E-state index < -0.39 is 11.4 Å². The Bertz CT molecular complexity index is 354. The third kappa shape index (κ3) is 3.06. The molecule has 1 saturated carbocycles. The van der Waals surface area contributed by atoms with Gasteiger partial charge in [0.2, 0.25) is 0 Å². The SMILES string of the molecule is O=C(O)C1(Cc2cncs2)CCCCCCC1. The first kappa shape index (κ1) is 12.6. The molecule has 1 aliphatic carbocycles. The number of hydrogen-bond acceptors (Lipinski definition) is 3. The van der Waals surface area contributed by atoms with Crippen LogP contribution in [0.1, 0.15) is 49.8 Å². The minimum Gasteiger partial charge on any atom is -0.481 e. The van der Waals surface area contributed by atoms with Gasteiger partial charge in [0.1, 0.15) is 0 Å². The highest BCUT2D eigenvalue weighted by Crippen LogP contribution is 2.38. The van der Waals surface area contributed by atoms with E-state index in [-0.39, 0.29) is 0 Å². The van der Waals surface area contributed by atoms with Crippen molar-refractivity contribution in [3.05, 3.63) is 16.6 Å². The zero-order chi connectivity index (χ0) is 12.1. The molecule has 0 radical (unpaired) electrons. The maximum atomic E-state index is 11.7. The molecule has 0 saturated heterocycles. The summed E-state index contributed by atoms with van der Waals surface area (Å²) in [6.45, 7) is 0. The highest BCUT2D eigenvalue weighted by Gasteiger charge is 2.38. The minimum absolute atomic E-state index is 0.535. The van der Waals surface area contributed by atoms with Gasteiger partial charge in [0.15, 0.2) is 0 Å². The lowest BCUT2D eigenvalue weighted by Gasteiger charge is -2.30. The Morgan fingerprint density at radius 3 is 2.47 bits per heavy atom. The topological polar surface area (TPSA) is 50.2 Å². The molecule has 3 nitrogen and oxygen atoms in total. The lowest BCUT2D eigenvalue weighted by Crippen LogP contribution is -2.34. The number of carboxylic acid groups (broad SMARTS) is 1. The van der Waals surface area contributed by atoms with Crippen molar-refractivity contribution in [2.24, 2.45) is 5.41 Å². The van der Waals surface area contributed by atoms with Gasteiger partial charge in [-0.25, -0.2) is 0 Å². The molecule has 1 heterocycles. The van der Waals surface area contributed by atoms with Crippen molar-refractivity contribution in [1.82, 2.24) is 4.98 Å². The molecule has 4 heteroatoms. The summed E-state index contributed by atoms with van der Waals surface area (Å²) < 4.78 is 0. The monoisotopic (exact) mass is 253 g/mol. The van der Waals surface area contributed by atoms with Gasteiger partial charge in [-0.05, 0) is 19.3 Å². The van der Waals surface area contributed by atoms with Crippen LogP contribution in [0.2, 0.25) is 0 Å². The molecule has 1 fully saturated rings. The van der Waals surface area contributed by atoms with E-state index in [0.29, 0.717) is 6.42 Å². The fourth-order valence-electron chi connectivity index (χ4n) is 2.71. The van der Waals surface area contributed by atoms with Crippen LogP contribution >= 0.6 is 11.3 Å². The highest BCUT2D eigenvalue weighted by molar-refractivity contribution is 7.09. The van der Waals surface area contributed by atoms with Gasteiger partial charge in [0.05, 0.1) is 10.9 Å². The Hall–Kier alpha value is -0.900. The Balaban J connectivity index is 2.14.